The Labute approximate surface area is 130 Å². The lowest BCUT2D eigenvalue weighted by atomic mass is 10.1. The number of anilines is 1. The summed E-state index contributed by atoms with van der Waals surface area (Å²) in [4.78, 5) is 4.01. The highest BCUT2D eigenvalue weighted by atomic mass is 35.5. The average molecular weight is 303 g/mol. The lowest BCUT2D eigenvalue weighted by Crippen LogP contribution is -2.23. The van der Waals surface area contributed by atoms with E-state index in [9.17, 15) is 0 Å². The molecule has 1 aromatic heterocycles. The summed E-state index contributed by atoms with van der Waals surface area (Å²) < 4.78 is 5.78. The monoisotopic (exact) mass is 302 g/mol. The van der Waals surface area contributed by atoms with E-state index in [-0.39, 0.29) is 5.54 Å². The van der Waals surface area contributed by atoms with Crippen molar-refractivity contribution in [3.05, 3.63) is 59.4 Å². The van der Waals surface area contributed by atoms with E-state index in [0.29, 0.717) is 11.6 Å². The first-order valence-electron chi connectivity index (χ1n) is 7.27. The number of pyridine rings is 1. The Morgan fingerprint density at radius 1 is 1.19 bits per heavy atom. The van der Waals surface area contributed by atoms with Crippen LogP contribution in [-0.2, 0) is 11.3 Å². The minimum absolute atomic E-state index is 0.154. The van der Waals surface area contributed by atoms with Crippen molar-refractivity contribution in [1.82, 2.24) is 4.98 Å². The molecule has 1 saturated carbocycles. The number of rotatable bonds is 7. The van der Waals surface area contributed by atoms with Gasteiger partial charge >= 0.3 is 0 Å². The van der Waals surface area contributed by atoms with Crippen LogP contribution >= 0.6 is 11.6 Å². The first-order valence-corrected chi connectivity index (χ1v) is 7.65. The molecule has 2 aromatic rings. The summed E-state index contributed by atoms with van der Waals surface area (Å²) in [5.74, 6) is 0. The molecule has 0 atom stereocenters. The van der Waals surface area contributed by atoms with Crippen LogP contribution < -0.4 is 5.32 Å². The first kappa shape index (κ1) is 14.4. The van der Waals surface area contributed by atoms with Crippen molar-refractivity contribution >= 4 is 17.3 Å². The van der Waals surface area contributed by atoms with Gasteiger partial charge < -0.3 is 10.1 Å². The molecule has 1 N–H and O–H groups in total. The molecule has 1 aliphatic rings. The van der Waals surface area contributed by atoms with E-state index in [2.05, 4.69) is 22.4 Å². The number of halogens is 1. The van der Waals surface area contributed by atoms with Crippen molar-refractivity contribution < 1.29 is 4.74 Å². The van der Waals surface area contributed by atoms with Crippen LogP contribution in [0.15, 0.2) is 48.8 Å². The number of aromatic nitrogens is 1. The van der Waals surface area contributed by atoms with Gasteiger partial charge in [0.25, 0.3) is 0 Å². The Morgan fingerprint density at radius 2 is 2.00 bits per heavy atom. The predicted octanol–water partition coefficient (Wildman–Crippen LogP) is 4.29. The summed E-state index contributed by atoms with van der Waals surface area (Å²) in [7, 11) is 0. The molecule has 1 heterocycles. The molecular weight excluding hydrogens is 284 g/mol. The van der Waals surface area contributed by atoms with E-state index in [1.165, 1.54) is 18.4 Å². The molecule has 0 unspecified atom stereocenters. The molecule has 0 saturated heterocycles. The smallest absolute Gasteiger partial charge is 0.0820 e. The lowest BCUT2D eigenvalue weighted by molar-refractivity contribution is 0.114. The topological polar surface area (TPSA) is 34.2 Å². The zero-order chi connectivity index (χ0) is 14.5. The van der Waals surface area contributed by atoms with Crippen LogP contribution in [0.1, 0.15) is 24.8 Å². The molecule has 1 aromatic carbocycles. The van der Waals surface area contributed by atoms with E-state index in [1.807, 2.05) is 24.3 Å². The van der Waals surface area contributed by atoms with Crippen LogP contribution in [0, 0.1) is 0 Å². The minimum Gasteiger partial charge on any atom is -0.378 e. The second-order valence-electron chi connectivity index (χ2n) is 5.55. The van der Waals surface area contributed by atoms with Gasteiger partial charge in [0.15, 0.2) is 0 Å². The molecular formula is C17H19ClN2O. The number of benzene rings is 1. The van der Waals surface area contributed by atoms with Crippen molar-refractivity contribution in [1.29, 1.82) is 0 Å². The predicted molar refractivity (Wildman–Crippen MR) is 85.5 cm³/mol. The Hall–Kier alpha value is -1.58. The van der Waals surface area contributed by atoms with Gasteiger partial charge in [0.1, 0.15) is 0 Å². The second kappa shape index (κ2) is 6.46. The van der Waals surface area contributed by atoms with Crippen molar-refractivity contribution in [3.63, 3.8) is 0 Å². The van der Waals surface area contributed by atoms with E-state index in [0.717, 1.165) is 18.7 Å². The summed E-state index contributed by atoms with van der Waals surface area (Å²) in [6, 6.07) is 12.2. The van der Waals surface area contributed by atoms with Crippen molar-refractivity contribution in [2.75, 3.05) is 11.9 Å². The van der Waals surface area contributed by atoms with Crippen molar-refractivity contribution in [2.24, 2.45) is 0 Å². The second-order valence-corrected chi connectivity index (χ2v) is 5.96. The summed E-state index contributed by atoms with van der Waals surface area (Å²) >= 11 is 6.14. The number of hydrogen-bond donors (Lipinski definition) is 1. The molecule has 1 fully saturated rings. The molecule has 0 aliphatic heterocycles. The fraction of sp³-hybridized carbons (Fsp3) is 0.353. The average Bonchev–Trinajstić information content (AvgIpc) is 3.27. The molecule has 3 nitrogen and oxygen atoms in total. The molecule has 110 valence electrons. The van der Waals surface area contributed by atoms with Gasteiger partial charge in [-0.1, -0.05) is 41.9 Å². The third-order valence-electron chi connectivity index (χ3n) is 3.86. The standard InChI is InChI=1S/C17H19ClN2O/c18-15-12-19-10-6-16(15)20-17(7-8-17)9-11-21-13-14-4-2-1-3-5-14/h1-6,10,12H,7-9,11,13H2,(H,19,20). The summed E-state index contributed by atoms with van der Waals surface area (Å²) in [5, 5.41) is 4.22. The zero-order valence-corrected chi connectivity index (χ0v) is 12.6. The Balaban J connectivity index is 1.46. The van der Waals surface area contributed by atoms with Gasteiger partial charge in [0.2, 0.25) is 0 Å². The van der Waals surface area contributed by atoms with Crippen LogP contribution in [0.5, 0.6) is 0 Å². The van der Waals surface area contributed by atoms with Crippen LogP contribution in [-0.4, -0.2) is 17.1 Å². The largest absolute Gasteiger partial charge is 0.378 e. The van der Waals surface area contributed by atoms with E-state index >= 15 is 0 Å². The summed E-state index contributed by atoms with van der Waals surface area (Å²) in [5.41, 5.74) is 2.33. The zero-order valence-electron chi connectivity index (χ0n) is 11.9. The van der Waals surface area contributed by atoms with E-state index < -0.39 is 0 Å². The minimum atomic E-state index is 0.154. The molecule has 3 rings (SSSR count). The number of hydrogen-bond acceptors (Lipinski definition) is 3. The molecule has 4 heteroatoms. The van der Waals surface area contributed by atoms with Crippen LogP contribution in [0.4, 0.5) is 5.69 Å². The third kappa shape index (κ3) is 3.96. The Kier molecular flexibility index (Phi) is 4.42. The highest BCUT2D eigenvalue weighted by Gasteiger charge is 2.42. The molecule has 0 spiro atoms. The fourth-order valence-corrected chi connectivity index (χ4v) is 2.55. The van der Waals surface area contributed by atoms with Gasteiger partial charge in [-0.2, -0.15) is 0 Å². The van der Waals surface area contributed by atoms with Gasteiger partial charge in [-0.25, -0.2) is 0 Å². The van der Waals surface area contributed by atoms with Gasteiger partial charge in [-0.15, -0.1) is 0 Å². The van der Waals surface area contributed by atoms with Crippen molar-refractivity contribution in [3.8, 4) is 0 Å². The van der Waals surface area contributed by atoms with Crippen LogP contribution in [0.3, 0.4) is 0 Å². The highest BCUT2D eigenvalue weighted by molar-refractivity contribution is 6.33. The normalized spacial score (nSPS) is 15.7. The number of ether oxygens (including phenoxy) is 1. The maximum Gasteiger partial charge on any atom is 0.0820 e. The van der Waals surface area contributed by atoms with Crippen molar-refractivity contribution in [2.45, 2.75) is 31.4 Å². The van der Waals surface area contributed by atoms with Gasteiger partial charge in [0.05, 0.1) is 17.3 Å². The fourth-order valence-electron chi connectivity index (χ4n) is 2.38. The number of nitrogens with zero attached hydrogens (tertiary/aromatic N) is 1. The Morgan fingerprint density at radius 3 is 2.71 bits per heavy atom. The first-order chi connectivity index (χ1) is 10.3. The highest BCUT2D eigenvalue weighted by Crippen LogP contribution is 2.43. The quantitative estimate of drug-likeness (QED) is 0.775. The SMILES string of the molecule is Clc1cnccc1NC1(CCOCc2ccccc2)CC1. The van der Waals surface area contributed by atoms with E-state index in [1.54, 1.807) is 12.4 Å². The summed E-state index contributed by atoms with van der Waals surface area (Å²) in [6.45, 7) is 1.43. The molecule has 0 amide bonds. The van der Waals surface area contributed by atoms with Gasteiger partial charge in [0, 0.05) is 24.5 Å². The summed E-state index contributed by atoms with van der Waals surface area (Å²) in [6.07, 6.45) is 6.77. The maximum atomic E-state index is 6.14. The Bertz CT molecular complexity index is 584. The molecule has 1 aliphatic carbocycles. The molecule has 21 heavy (non-hydrogen) atoms. The maximum absolute atomic E-state index is 6.14. The van der Waals surface area contributed by atoms with Gasteiger partial charge in [-0.3, -0.25) is 4.98 Å². The lowest BCUT2D eigenvalue weighted by Gasteiger charge is -2.19. The van der Waals surface area contributed by atoms with Gasteiger partial charge in [-0.05, 0) is 30.9 Å². The number of nitrogens with one attached hydrogen (secondary N) is 1. The van der Waals surface area contributed by atoms with Crippen LogP contribution in [0.2, 0.25) is 5.02 Å². The molecule has 0 radical (unpaired) electrons. The molecule has 0 bridgehead atoms. The van der Waals surface area contributed by atoms with Crippen LogP contribution in [0.25, 0.3) is 0 Å². The third-order valence-corrected chi connectivity index (χ3v) is 4.16. The van der Waals surface area contributed by atoms with E-state index in [4.69, 9.17) is 16.3 Å².